The molecule has 2 nitrogen and oxygen atoms in total. The smallest absolute Gasteiger partial charge is 0.189 e. The number of hydrogen-bond acceptors (Lipinski definition) is 0. The fraction of sp³-hybridized carbons (Fsp3) is 0. The van der Waals surface area contributed by atoms with Gasteiger partial charge in [-0.3, -0.25) is 0 Å². The lowest BCUT2D eigenvalue weighted by Crippen LogP contribution is -1.93. The minimum atomic E-state index is 0.657. The van der Waals surface area contributed by atoms with Crippen molar-refractivity contribution in [1.29, 1.82) is 0 Å². The summed E-state index contributed by atoms with van der Waals surface area (Å²) in [6.45, 7) is 7.79. The molecule has 0 aliphatic rings. The molecule has 1 heterocycles. The molecule has 0 fully saturated rings. The van der Waals surface area contributed by atoms with Crippen molar-refractivity contribution in [3.8, 4) is 39.1 Å². The highest BCUT2D eigenvalue weighted by atomic mass is 15.0. The maximum atomic E-state index is 7.79. The molecule has 0 aliphatic carbocycles. The van der Waals surface area contributed by atoms with Gasteiger partial charge in [0.15, 0.2) is 5.69 Å². The van der Waals surface area contributed by atoms with Gasteiger partial charge in [0.25, 0.3) is 0 Å². The Kier molecular flexibility index (Phi) is 6.15. The Balaban J connectivity index is 0.963. The molecular formula is C53H30N2. The summed E-state index contributed by atoms with van der Waals surface area (Å²) < 4.78 is 2.33. The molecule has 55 heavy (non-hydrogen) atoms. The summed E-state index contributed by atoms with van der Waals surface area (Å²) in [7, 11) is 0. The number of benzene rings is 11. The molecule has 12 rings (SSSR count). The van der Waals surface area contributed by atoms with E-state index in [1.807, 2.05) is 12.1 Å². The summed E-state index contributed by atoms with van der Waals surface area (Å²) in [5.74, 6) is 0. The lowest BCUT2D eigenvalue weighted by molar-refractivity contribution is 1.18. The van der Waals surface area contributed by atoms with Crippen LogP contribution in [-0.4, -0.2) is 4.57 Å². The zero-order valence-electron chi connectivity index (χ0n) is 29.7. The van der Waals surface area contributed by atoms with Gasteiger partial charge in [-0.25, -0.2) is 4.85 Å². The van der Waals surface area contributed by atoms with Crippen LogP contribution in [-0.2, 0) is 0 Å². The van der Waals surface area contributed by atoms with Crippen molar-refractivity contribution in [3.05, 3.63) is 193 Å². The molecule has 0 N–H and O–H groups in total. The van der Waals surface area contributed by atoms with Crippen molar-refractivity contribution in [1.82, 2.24) is 4.57 Å². The van der Waals surface area contributed by atoms with E-state index in [9.17, 15) is 0 Å². The minimum Gasteiger partial charge on any atom is -0.310 e. The third-order valence-electron chi connectivity index (χ3n) is 11.7. The maximum Gasteiger partial charge on any atom is 0.189 e. The van der Waals surface area contributed by atoms with Gasteiger partial charge in [0.2, 0.25) is 0 Å². The van der Waals surface area contributed by atoms with Gasteiger partial charge in [-0.1, -0.05) is 109 Å². The van der Waals surface area contributed by atoms with Crippen LogP contribution in [0.4, 0.5) is 5.69 Å². The Morgan fingerprint density at radius 2 is 0.709 bits per heavy atom. The van der Waals surface area contributed by atoms with Crippen molar-refractivity contribution >= 4 is 81.4 Å². The molecule has 1 aromatic heterocycles. The molecule has 12 aromatic rings. The second kappa shape index (κ2) is 11.3. The van der Waals surface area contributed by atoms with Gasteiger partial charge < -0.3 is 4.57 Å². The van der Waals surface area contributed by atoms with E-state index in [0.29, 0.717) is 5.69 Å². The summed E-state index contributed by atoms with van der Waals surface area (Å²) in [6, 6.07) is 66.5. The van der Waals surface area contributed by atoms with Crippen LogP contribution in [0.5, 0.6) is 0 Å². The quantitative estimate of drug-likeness (QED) is 0.128. The lowest BCUT2D eigenvalue weighted by atomic mass is 9.89. The van der Waals surface area contributed by atoms with Crippen LogP contribution in [0.15, 0.2) is 182 Å². The van der Waals surface area contributed by atoms with Crippen LogP contribution in [0.2, 0.25) is 0 Å². The zero-order chi connectivity index (χ0) is 36.2. The van der Waals surface area contributed by atoms with E-state index < -0.39 is 0 Å². The number of para-hydroxylation sites is 1. The second-order valence-electron chi connectivity index (χ2n) is 14.9. The van der Waals surface area contributed by atoms with E-state index in [1.54, 1.807) is 0 Å². The van der Waals surface area contributed by atoms with E-state index in [-0.39, 0.29) is 0 Å². The molecule has 0 amide bonds. The molecule has 0 unspecified atom stereocenters. The first kappa shape index (κ1) is 30.0. The summed E-state index contributed by atoms with van der Waals surface area (Å²) in [4.78, 5) is 3.82. The first-order valence-electron chi connectivity index (χ1n) is 18.8. The van der Waals surface area contributed by atoms with Crippen LogP contribution < -0.4 is 0 Å². The molecule has 0 saturated heterocycles. The summed E-state index contributed by atoms with van der Waals surface area (Å²) in [6.07, 6.45) is 0. The predicted octanol–water partition coefficient (Wildman–Crippen LogP) is 15.0. The Bertz CT molecular complexity index is 3460. The van der Waals surface area contributed by atoms with E-state index in [0.717, 1.165) is 22.1 Å². The molecule has 0 spiro atoms. The van der Waals surface area contributed by atoms with Gasteiger partial charge in [-0.15, -0.1) is 0 Å². The van der Waals surface area contributed by atoms with Crippen molar-refractivity contribution in [2.75, 3.05) is 0 Å². The van der Waals surface area contributed by atoms with E-state index in [1.165, 1.54) is 92.6 Å². The molecule has 0 bridgehead atoms. The van der Waals surface area contributed by atoms with Crippen molar-refractivity contribution in [2.24, 2.45) is 0 Å². The Labute approximate surface area is 317 Å². The van der Waals surface area contributed by atoms with Gasteiger partial charge in [-0.2, -0.15) is 0 Å². The van der Waals surface area contributed by atoms with Gasteiger partial charge in [0, 0.05) is 22.0 Å². The number of aromatic nitrogens is 1. The van der Waals surface area contributed by atoms with Crippen LogP contribution in [0, 0.1) is 6.57 Å². The third-order valence-corrected chi connectivity index (χ3v) is 11.7. The topological polar surface area (TPSA) is 9.29 Å². The molecule has 252 valence electrons. The molecule has 11 aromatic carbocycles. The van der Waals surface area contributed by atoms with Crippen molar-refractivity contribution in [3.63, 3.8) is 0 Å². The Morgan fingerprint density at radius 3 is 1.24 bits per heavy atom. The predicted molar refractivity (Wildman–Crippen MR) is 233 cm³/mol. The lowest BCUT2D eigenvalue weighted by Gasteiger charge is -2.15. The number of hydrogen-bond donors (Lipinski definition) is 0. The average molecular weight is 695 g/mol. The maximum absolute atomic E-state index is 7.79. The molecule has 0 atom stereocenters. The van der Waals surface area contributed by atoms with E-state index >= 15 is 0 Å². The first-order valence-corrected chi connectivity index (χ1v) is 18.8. The van der Waals surface area contributed by atoms with Crippen LogP contribution in [0.3, 0.4) is 0 Å². The van der Waals surface area contributed by atoms with Gasteiger partial charge in [0.05, 0.1) is 12.1 Å². The van der Waals surface area contributed by atoms with Crippen LogP contribution >= 0.6 is 0 Å². The zero-order valence-corrected chi connectivity index (χ0v) is 29.7. The van der Waals surface area contributed by atoms with Gasteiger partial charge >= 0.3 is 0 Å². The average Bonchev–Trinajstić information content (AvgIpc) is 3.59. The standard InChI is InChI=1S/C53H30N2/c1-54-46-29-42-21-20-41-28-45(30-48-52(41)53(42)49(31-46)55(48)47-10-6-3-7-11-47)36-15-13-33-22-35(14-12-34(33)23-36)44-26-39-18-16-37-24-43(32-8-4-2-5-9-32)25-38-17-19-40(27-44)51(39)50(37)38/h2-31H. The first-order chi connectivity index (χ1) is 27.2. The Hall–Kier alpha value is -7.47. The van der Waals surface area contributed by atoms with Crippen LogP contribution in [0.1, 0.15) is 0 Å². The fourth-order valence-corrected chi connectivity index (χ4v) is 9.24. The van der Waals surface area contributed by atoms with Gasteiger partial charge in [-0.05, 0) is 160 Å². The second-order valence-corrected chi connectivity index (χ2v) is 14.9. The van der Waals surface area contributed by atoms with E-state index in [4.69, 9.17) is 6.57 Å². The normalized spacial score (nSPS) is 12.0. The number of fused-ring (bicyclic) bond motifs is 1. The van der Waals surface area contributed by atoms with Crippen molar-refractivity contribution < 1.29 is 0 Å². The summed E-state index contributed by atoms with van der Waals surface area (Å²) in [5.41, 5.74) is 11.3. The minimum absolute atomic E-state index is 0.657. The largest absolute Gasteiger partial charge is 0.310 e. The Morgan fingerprint density at radius 1 is 0.309 bits per heavy atom. The summed E-state index contributed by atoms with van der Waals surface area (Å²) in [5, 5.41) is 15.0. The SMILES string of the molecule is [C-]#[N+]c1cc2ccc3cc(-c4ccc5cc(-c6cc7ccc8cc(-c9ccccc9)cc9ccc(c6)c7c89)ccc5c4)cc4c3c2c(c1)n4-c1ccccc1. The number of nitrogens with zero attached hydrogens (tertiary/aromatic N) is 2. The molecule has 0 aliphatic heterocycles. The summed E-state index contributed by atoms with van der Waals surface area (Å²) >= 11 is 0. The molecule has 2 heteroatoms. The number of rotatable bonds is 4. The van der Waals surface area contributed by atoms with E-state index in [2.05, 4.69) is 179 Å². The van der Waals surface area contributed by atoms with Crippen molar-refractivity contribution in [2.45, 2.75) is 0 Å². The monoisotopic (exact) mass is 694 g/mol. The highest BCUT2D eigenvalue weighted by molar-refractivity contribution is 6.26. The molecule has 0 radical (unpaired) electrons. The molecule has 0 saturated carbocycles. The van der Waals surface area contributed by atoms with Gasteiger partial charge in [0.1, 0.15) is 0 Å². The fourth-order valence-electron chi connectivity index (χ4n) is 9.24. The highest BCUT2D eigenvalue weighted by Crippen LogP contribution is 2.44. The third kappa shape index (κ3) is 4.48. The molecular weight excluding hydrogens is 665 g/mol. The highest BCUT2D eigenvalue weighted by Gasteiger charge is 2.19. The van der Waals surface area contributed by atoms with Crippen LogP contribution in [0.25, 0.3) is 120 Å².